The number of hydrogen-bond acceptors (Lipinski definition) is 2. The lowest BCUT2D eigenvalue weighted by atomic mass is 10.0. The number of nitrogens with two attached hydrogens (primary N) is 1. The molecule has 1 atom stereocenters. The molecule has 2 aromatic carbocycles. The van der Waals surface area contributed by atoms with Crippen molar-refractivity contribution in [1.82, 2.24) is 4.90 Å². The van der Waals surface area contributed by atoms with Gasteiger partial charge in [-0.05, 0) is 55.4 Å². The van der Waals surface area contributed by atoms with Gasteiger partial charge in [-0.15, -0.1) is 0 Å². The smallest absolute Gasteiger partial charge is 0.123 e. The van der Waals surface area contributed by atoms with Crippen molar-refractivity contribution >= 4 is 15.9 Å². The van der Waals surface area contributed by atoms with E-state index >= 15 is 0 Å². The molecule has 0 aromatic heterocycles. The third-order valence-corrected chi connectivity index (χ3v) is 4.01. The van der Waals surface area contributed by atoms with Gasteiger partial charge < -0.3 is 10.6 Å². The molecule has 0 spiro atoms. The van der Waals surface area contributed by atoms with Crippen LogP contribution in [0.3, 0.4) is 0 Å². The molecule has 0 amide bonds. The van der Waals surface area contributed by atoms with Crippen molar-refractivity contribution < 1.29 is 4.39 Å². The monoisotopic (exact) mass is 350 g/mol. The fourth-order valence-corrected chi connectivity index (χ4v) is 2.48. The summed E-state index contributed by atoms with van der Waals surface area (Å²) >= 11 is 3.44. The fourth-order valence-electron chi connectivity index (χ4n) is 2.22. The van der Waals surface area contributed by atoms with Crippen LogP contribution in [0.25, 0.3) is 0 Å². The molecule has 0 heterocycles. The lowest BCUT2D eigenvalue weighted by Crippen LogP contribution is -2.23. The van der Waals surface area contributed by atoms with Gasteiger partial charge in [0.05, 0.1) is 0 Å². The first-order valence-electron chi connectivity index (χ1n) is 6.98. The summed E-state index contributed by atoms with van der Waals surface area (Å²) in [5.74, 6) is -0.224. The maximum absolute atomic E-state index is 12.9. The van der Waals surface area contributed by atoms with Gasteiger partial charge in [-0.3, -0.25) is 0 Å². The Morgan fingerprint density at radius 2 is 1.71 bits per heavy atom. The van der Waals surface area contributed by atoms with Crippen LogP contribution in [0.5, 0.6) is 0 Å². The Hall–Kier alpha value is -1.23. The lowest BCUT2D eigenvalue weighted by molar-refractivity contribution is 0.311. The highest BCUT2D eigenvalue weighted by Gasteiger charge is 2.08. The molecule has 0 fully saturated rings. The van der Waals surface area contributed by atoms with Gasteiger partial charge in [0, 0.05) is 17.1 Å². The van der Waals surface area contributed by atoms with Crippen LogP contribution in [0.15, 0.2) is 53.0 Å². The quantitative estimate of drug-likeness (QED) is 0.849. The van der Waals surface area contributed by atoms with E-state index in [9.17, 15) is 4.39 Å². The van der Waals surface area contributed by atoms with Gasteiger partial charge in [0.2, 0.25) is 0 Å². The van der Waals surface area contributed by atoms with E-state index in [-0.39, 0.29) is 11.9 Å². The Bertz CT molecular complexity index is 554. The number of benzene rings is 2. The molecule has 2 N–H and O–H groups in total. The summed E-state index contributed by atoms with van der Waals surface area (Å²) in [5, 5.41) is 0. The second-order valence-electron chi connectivity index (χ2n) is 5.31. The van der Waals surface area contributed by atoms with E-state index in [2.05, 4.69) is 40.0 Å². The van der Waals surface area contributed by atoms with E-state index in [0.29, 0.717) is 0 Å². The van der Waals surface area contributed by atoms with Crippen molar-refractivity contribution in [1.29, 1.82) is 0 Å². The van der Waals surface area contributed by atoms with E-state index in [4.69, 9.17) is 5.73 Å². The minimum absolute atomic E-state index is 0.0574. The molecule has 0 saturated heterocycles. The molecule has 0 aliphatic rings. The van der Waals surface area contributed by atoms with Crippen LogP contribution in [0.4, 0.5) is 4.39 Å². The topological polar surface area (TPSA) is 29.3 Å². The van der Waals surface area contributed by atoms with E-state index < -0.39 is 0 Å². The number of nitrogens with zero attached hydrogens (tertiary/aromatic N) is 1. The van der Waals surface area contributed by atoms with Gasteiger partial charge in [0.25, 0.3) is 0 Å². The van der Waals surface area contributed by atoms with Crippen LogP contribution in [0.1, 0.15) is 23.6 Å². The fraction of sp³-hybridized carbons (Fsp3) is 0.294. The Morgan fingerprint density at radius 1 is 1.10 bits per heavy atom. The molecule has 0 aliphatic carbocycles. The van der Waals surface area contributed by atoms with Crippen molar-refractivity contribution in [3.05, 3.63) is 69.9 Å². The molecule has 0 saturated carbocycles. The summed E-state index contributed by atoms with van der Waals surface area (Å²) in [5.41, 5.74) is 8.41. The Labute approximate surface area is 133 Å². The highest BCUT2D eigenvalue weighted by molar-refractivity contribution is 9.10. The van der Waals surface area contributed by atoms with Gasteiger partial charge in [0.1, 0.15) is 5.82 Å². The van der Waals surface area contributed by atoms with Crippen LogP contribution in [-0.4, -0.2) is 18.5 Å². The average molecular weight is 351 g/mol. The van der Waals surface area contributed by atoms with Crippen molar-refractivity contribution in [3.63, 3.8) is 0 Å². The highest BCUT2D eigenvalue weighted by Crippen LogP contribution is 2.16. The zero-order valence-electron chi connectivity index (χ0n) is 12.1. The van der Waals surface area contributed by atoms with Crippen molar-refractivity contribution in [2.75, 3.05) is 13.6 Å². The van der Waals surface area contributed by atoms with Crippen LogP contribution in [-0.2, 0) is 6.54 Å². The Kier molecular flexibility index (Phi) is 5.91. The molecule has 4 heteroatoms. The Balaban J connectivity index is 1.81. The normalized spacial score (nSPS) is 12.6. The summed E-state index contributed by atoms with van der Waals surface area (Å²) < 4.78 is 14.0. The second-order valence-corrected chi connectivity index (χ2v) is 6.23. The first-order valence-corrected chi connectivity index (χ1v) is 7.78. The average Bonchev–Trinajstić information content (AvgIpc) is 2.48. The number of rotatable bonds is 6. The lowest BCUT2D eigenvalue weighted by Gasteiger charge is -2.19. The Morgan fingerprint density at radius 3 is 2.33 bits per heavy atom. The highest BCUT2D eigenvalue weighted by atomic mass is 79.9. The molecule has 2 nitrogen and oxygen atoms in total. The SMILES string of the molecule is CN(CCC(N)c1ccc(F)cc1)Cc1ccc(Br)cc1. The first-order chi connectivity index (χ1) is 10.0. The standard InChI is InChI=1S/C17H20BrFN2/c1-21(12-13-2-6-15(18)7-3-13)11-10-17(20)14-4-8-16(19)9-5-14/h2-9,17H,10-12,20H2,1H3. The predicted molar refractivity (Wildman–Crippen MR) is 88.4 cm³/mol. The number of hydrogen-bond donors (Lipinski definition) is 1. The summed E-state index contributed by atoms with van der Waals surface area (Å²) in [6.45, 7) is 1.79. The van der Waals surface area contributed by atoms with E-state index in [1.807, 2.05) is 12.1 Å². The summed E-state index contributed by atoms with van der Waals surface area (Å²) in [6, 6.07) is 14.7. The molecule has 21 heavy (non-hydrogen) atoms. The molecule has 2 aromatic rings. The molecule has 0 radical (unpaired) electrons. The maximum Gasteiger partial charge on any atom is 0.123 e. The summed E-state index contributed by atoms with van der Waals surface area (Å²) in [4.78, 5) is 2.24. The van der Waals surface area contributed by atoms with Gasteiger partial charge in [-0.1, -0.05) is 40.2 Å². The van der Waals surface area contributed by atoms with Gasteiger partial charge >= 0.3 is 0 Å². The number of halogens is 2. The molecule has 1 unspecified atom stereocenters. The van der Waals surface area contributed by atoms with Crippen molar-refractivity contribution in [3.8, 4) is 0 Å². The van der Waals surface area contributed by atoms with Crippen LogP contribution in [0.2, 0.25) is 0 Å². The molecule has 0 aliphatic heterocycles. The third kappa shape index (κ3) is 5.23. The maximum atomic E-state index is 12.9. The van der Waals surface area contributed by atoms with Crippen LogP contribution in [0, 0.1) is 5.82 Å². The predicted octanol–water partition coefficient (Wildman–Crippen LogP) is 4.11. The van der Waals surface area contributed by atoms with Gasteiger partial charge in [-0.25, -0.2) is 4.39 Å². The van der Waals surface area contributed by atoms with Crippen molar-refractivity contribution in [2.45, 2.75) is 19.0 Å². The molecule has 2 rings (SSSR count). The molecule has 0 bridgehead atoms. The summed E-state index contributed by atoms with van der Waals surface area (Å²) in [7, 11) is 2.08. The zero-order chi connectivity index (χ0) is 15.2. The minimum atomic E-state index is -0.224. The molecular formula is C17H20BrFN2. The third-order valence-electron chi connectivity index (χ3n) is 3.49. The summed E-state index contributed by atoms with van der Waals surface area (Å²) in [6.07, 6.45) is 0.846. The van der Waals surface area contributed by atoms with Gasteiger partial charge in [-0.2, -0.15) is 0 Å². The van der Waals surface area contributed by atoms with Crippen LogP contribution < -0.4 is 5.73 Å². The van der Waals surface area contributed by atoms with Crippen molar-refractivity contribution in [2.24, 2.45) is 5.73 Å². The van der Waals surface area contributed by atoms with Gasteiger partial charge in [0.15, 0.2) is 0 Å². The molecule has 112 valence electrons. The molecular weight excluding hydrogens is 331 g/mol. The van der Waals surface area contributed by atoms with E-state index in [0.717, 1.165) is 29.5 Å². The van der Waals surface area contributed by atoms with E-state index in [1.54, 1.807) is 12.1 Å². The minimum Gasteiger partial charge on any atom is -0.324 e. The largest absolute Gasteiger partial charge is 0.324 e. The van der Waals surface area contributed by atoms with E-state index in [1.165, 1.54) is 17.7 Å². The first kappa shape index (κ1) is 16.1. The van der Waals surface area contributed by atoms with Crippen LogP contribution >= 0.6 is 15.9 Å². The zero-order valence-corrected chi connectivity index (χ0v) is 13.7. The second kappa shape index (κ2) is 7.69.